The fraction of sp³-hybridized carbons (Fsp3) is 0.364. The molecule has 0 amide bonds. The van der Waals surface area contributed by atoms with Gasteiger partial charge in [-0.25, -0.2) is 13.2 Å². The van der Waals surface area contributed by atoms with Gasteiger partial charge in [-0.05, 0) is 37.0 Å². The summed E-state index contributed by atoms with van der Waals surface area (Å²) >= 11 is 0. The van der Waals surface area contributed by atoms with Crippen LogP contribution in [0.2, 0.25) is 0 Å². The van der Waals surface area contributed by atoms with Crippen LogP contribution in [0.4, 0.5) is 5.69 Å². The van der Waals surface area contributed by atoms with E-state index in [0.29, 0.717) is 0 Å². The number of rotatable bonds is 5. The third-order valence-electron chi connectivity index (χ3n) is 2.65. The molecule has 7 heteroatoms. The van der Waals surface area contributed by atoms with Gasteiger partial charge in [-0.1, -0.05) is 0 Å². The van der Waals surface area contributed by atoms with Crippen molar-refractivity contribution in [2.45, 2.75) is 12.8 Å². The second-order valence-corrected chi connectivity index (χ2v) is 6.13. The highest BCUT2D eigenvalue weighted by atomic mass is 32.2. The summed E-state index contributed by atoms with van der Waals surface area (Å²) in [5, 5.41) is 18.1. The maximum Gasteiger partial charge on any atom is 0.339 e. The van der Waals surface area contributed by atoms with Crippen molar-refractivity contribution in [1.82, 2.24) is 0 Å². The maximum atomic E-state index is 11.7. The molecule has 0 spiro atoms. The molecule has 0 radical (unpaired) electrons. The lowest BCUT2D eigenvalue weighted by molar-refractivity contribution is 0.0694. The van der Waals surface area contributed by atoms with E-state index in [1.54, 1.807) is 0 Å². The highest BCUT2D eigenvalue weighted by Crippen LogP contribution is 2.31. The summed E-state index contributed by atoms with van der Waals surface area (Å²) in [5.74, 6) is -1.45. The number of aromatic carboxylic acids is 1. The molecule has 98 valence electrons. The normalized spacial score (nSPS) is 15.3. The highest BCUT2D eigenvalue weighted by molar-refractivity contribution is 7.92. The first-order chi connectivity index (χ1) is 8.37. The van der Waals surface area contributed by atoms with Gasteiger partial charge in [-0.3, -0.25) is 4.72 Å². The quantitative estimate of drug-likeness (QED) is 0.699. The largest absolute Gasteiger partial charge is 0.507 e. The van der Waals surface area contributed by atoms with Gasteiger partial charge in [0.15, 0.2) is 0 Å². The van der Waals surface area contributed by atoms with E-state index in [1.165, 1.54) is 6.07 Å². The molecule has 1 aliphatic carbocycles. The first kappa shape index (κ1) is 12.7. The van der Waals surface area contributed by atoms with Crippen molar-refractivity contribution in [3.8, 4) is 5.75 Å². The van der Waals surface area contributed by atoms with E-state index in [9.17, 15) is 18.3 Å². The Morgan fingerprint density at radius 3 is 2.61 bits per heavy atom. The number of carbonyl (C=O) groups is 1. The van der Waals surface area contributed by atoms with E-state index < -0.39 is 21.7 Å². The molecule has 1 aliphatic rings. The van der Waals surface area contributed by atoms with Crippen LogP contribution in [0.3, 0.4) is 0 Å². The summed E-state index contributed by atoms with van der Waals surface area (Å²) < 4.78 is 25.7. The minimum atomic E-state index is -3.45. The van der Waals surface area contributed by atoms with Crippen LogP contribution in [0.25, 0.3) is 0 Å². The van der Waals surface area contributed by atoms with Crippen molar-refractivity contribution in [1.29, 1.82) is 0 Å². The third-order valence-corrected chi connectivity index (χ3v) is 4.11. The Morgan fingerprint density at radius 1 is 1.39 bits per heavy atom. The average molecular weight is 271 g/mol. The van der Waals surface area contributed by atoms with Crippen molar-refractivity contribution in [3.63, 3.8) is 0 Å². The van der Waals surface area contributed by atoms with Gasteiger partial charge in [-0.15, -0.1) is 0 Å². The van der Waals surface area contributed by atoms with Gasteiger partial charge in [0.1, 0.15) is 11.3 Å². The first-order valence-corrected chi connectivity index (χ1v) is 7.09. The molecule has 18 heavy (non-hydrogen) atoms. The fourth-order valence-corrected chi connectivity index (χ4v) is 3.11. The smallest absolute Gasteiger partial charge is 0.339 e. The SMILES string of the molecule is O=C(O)c1cc(NS(=O)(=O)CC2CC2)ccc1O. The van der Waals surface area contributed by atoms with Gasteiger partial charge in [0, 0.05) is 5.69 Å². The number of aromatic hydroxyl groups is 1. The zero-order valence-corrected chi connectivity index (χ0v) is 10.3. The van der Waals surface area contributed by atoms with Crippen molar-refractivity contribution in [3.05, 3.63) is 23.8 Å². The van der Waals surface area contributed by atoms with Gasteiger partial charge in [0.25, 0.3) is 0 Å². The van der Waals surface area contributed by atoms with Gasteiger partial charge < -0.3 is 10.2 Å². The minimum Gasteiger partial charge on any atom is -0.507 e. The summed E-state index contributed by atoms with van der Waals surface area (Å²) in [6.07, 6.45) is 1.83. The average Bonchev–Trinajstić information content (AvgIpc) is 3.03. The topological polar surface area (TPSA) is 104 Å². The molecule has 1 aromatic rings. The maximum absolute atomic E-state index is 11.7. The van der Waals surface area contributed by atoms with Crippen molar-refractivity contribution in [2.75, 3.05) is 10.5 Å². The zero-order valence-electron chi connectivity index (χ0n) is 9.46. The van der Waals surface area contributed by atoms with E-state index in [-0.39, 0.29) is 22.9 Å². The van der Waals surface area contributed by atoms with Crippen LogP contribution in [0.15, 0.2) is 18.2 Å². The molecule has 1 fully saturated rings. The van der Waals surface area contributed by atoms with Gasteiger partial charge in [0.2, 0.25) is 10.0 Å². The van der Waals surface area contributed by atoms with Crippen molar-refractivity contribution < 1.29 is 23.4 Å². The number of carboxylic acid groups (broad SMARTS) is 1. The number of hydrogen-bond donors (Lipinski definition) is 3. The lowest BCUT2D eigenvalue weighted by atomic mass is 10.2. The summed E-state index contributed by atoms with van der Waals surface area (Å²) in [4.78, 5) is 10.8. The predicted octanol–water partition coefficient (Wildman–Crippen LogP) is 1.24. The second-order valence-electron chi connectivity index (χ2n) is 4.36. The van der Waals surface area contributed by atoms with E-state index in [0.717, 1.165) is 25.0 Å². The second kappa shape index (κ2) is 4.49. The molecule has 2 rings (SSSR count). The fourth-order valence-electron chi connectivity index (χ4n) is 1.59. The third kappa shape index (κ3) is 3.13. The van der Waals surface area contributed by atoms with Gasteiger partial charge in [-0.2, -0.15) is 0 Å². The monoisotopic (exact) mass is 271 g/mol. The Hall–Kier alpha value is -1.76. The molecule has 3 N–H and O–H groups in total. The van der Waals surface area contributed by atoms with Crippen LogP contribution < -0.4 is 4.72 Å². The molecule has 0 saturated heterocycles. The van der Waals surface area contributed by atoms with Crippen molar-refractivity contribution >= 4 is 21.7 Å². The predicted molar refractivity (Wildman–Crippen MR) is 65.2 cm³/mol. The van der Waals surface area contributed by atoms with Crippen LogP contribution in [-0.2, 0) is 10.0 Å². The van der Waals surface area contributed by atoms with Gasteiger partial charge in [0.05, 0.1) is 5.75 Å². The molecule has 0 atom stereocenters. The Balaban J connectivity index is 2.18. The van der Waals surface area contributed by atoms with Crippen LogP contribution in [0, 0.1) is 5.92 Å². The first-order valence-electron chi connectivity index (χ1n) is 5.44. The number of phenols is 1. The number of benzene rings is 1. The van der Waals surface area contributed by atoms with E-state index in [2.05, 4.69) is 4.72 Å². The standard InChI is InChI=1S/C11H13NO5S/c13-10-4-3-8(5-9(10)11(14)15)12-18(16,17)6-7-1-2-7/h3-5,7,12-13H,1-2,6H2,(H,14,15). The summed E-state index contributed by atoms with van der Waals surface area (Å²) in [5.41, 5.74) is -0.188. The van der Waals surface area contributed by atoms with Crippen LogP contribution >= 0.6 is 0 Å². The Labute approximate surface area is 104 Å². The van der Waals surface area contributed by atoms with Gasteiger partial charge >= 0.3 is 5.97 Å². The molecule has 0 unspecified atom stereocenters. The molecule has 6 nitrogen and oxygen atoms in total. The molecular formula is C11H13NO5S. The number of hydrogen-bond acceptors (Lipinski definition) is 4. The molecular weight excluding hydrogens is 258 g/mol. The molecule has 0 aromatic heterocycles. The van der Waals surface area contributed by atoms with Crippen molar-refractivity contribution in [2.24, 2.45) is 5.92 Å². The number of anilines is 1. The summed E-state index contributed by atoms with van der Waals surface area (Å²) in [6.45, 7) is 0. The van der Waals surface area contributed by atoms with E-state index in [1.807, 2.05) is 0 Å². The number of nitrogens with one attached hydrogen (secondary N) is 1. The number of sulfonamides is 1. The lowest BCUT2D eigenvalue weighted by Crippen LogP contribution is -2.18. The van der Waals surface area contributed by atoms with E-state index >= 15 is 0 Å². The Morgan fingerprint density at radius 2 is 2.06 bits per heavy atom. The summed E-state index contributed by atoms with van der Waals surface area (Å²) in [6, 6.07) is 3.58. The molecule has 0 aliphatic heterocycles. The van der Waals surface area contributed by atoms with E-state index in [4.69, 9.17) is 5.11 Å². The molecule has 1 aromatic carbocycles. The lowest BCUT2D eigenvalue weighted by Gasteiger charge is -2.08. The zero-order chi connectivity index (χ0) is 13.3. The Kier molecular flexibility index (Phi) is 3.16. The molecule has 1 saturated carbocycles. The molecule has 0 bridgehead atoms. The summed E-state index contributed by atoms with van der Waals surface area (Å²) in [7, 11) is -3.45. The van der Waals surface area contributed by atoms with Crippen LogP contribution in [0.1, 0.15) is 23.2 Å². The van der Waals surface area contributed by atoms with Crippen LogP contribution in [0.5, 0.6) is 5.75 Å². The number of carboxylic acids is 1. The minimum absolute atomic E-state index is 0.0519. The molecule has 0 heterocycles. The van der Waals surface area contributed by atoms with Crippen LogP contribution in [-0.4, -0.2) is 30.4 Å². The highest BCUT2D eigenvalue weighted by Gasteiger charge is 2.28. The Bertz CT molecular complexity index is 577.